The summed E-state index contributed by atoms with van der Waals surface area (Å²) in [6.07, 6.45) is -4.55. The third-order valence-corrected chi connectivity index (χ3v) is 3.36. The molecule has 10 nitrogen and oxygen atoms in total. The molecule has 0 atom stereocenters. The van der Waals surface area contributed by atoms with Crippen LogP contribution in [0.1, 0.15) is 0 Å². The van der Waals surface area contributed by atoms with E-state index < -0.39 is 41.6 Å². The SMILES string of the molecule is O=P([O-])([O-])CN(CP(=O)([O-])[O-])CP(=O)([O-])[O-]. The molecule has 0 aromatic rings. The molecule has 0 rings (SSSR count). The smallest absolute Gasteiger partial charge is 0.0268 e. The van der Waals surface area contributed by atoms with Gasteiger partial charge in [-0.2, -0.15) is 0 Å². The quantitative estimate of drug-likeness (QED) is 0.427. The molecule has 0 saturated carbocycles. The molecule has 0 fully saturated rings. The largest absolute Gasteiger partial charge is 0.810 e. The van der Waals surface area contributed by atoms with Gasteiger partial charge in [-0.05, 0) is 0 Å². The van der Waals surface area contributed by atoms with Gasteiger partial charge < -0.3 is 43.1 Å². The van der Waals surface area contributed by atoms with Crippen LogP contribution >= 0.6 is 22.8 Å². The molecule has 16 heavy (non-hydrogen) atoms. The molecule has 0 saturated heterocycles. The molecule has 0 aliphatic heterocycles. The Hall–Kier alpha value is 0.410. The highest BCUT2D eigenvalue weighted by molar-refractivity contribution is 7.50. The van der Waals surface area contributed by atoms with Gasteiger partial charge in [0, 0.05) is 18.9 Å². The van der Waals surface area contributed by atoms with E-state index in [1.54, 1.807) is 0 Å². The third kappa shape index (κ3) is 10.9. The monoisotopic (exact) mass is 293 g/mol. The highest BCUT2D eigenvalue weighted by Crippen LogP contribution is 2.35. The van der Waals surface area contributed by atoms with Crippen LogP contribution in [0.15, 0.2) is 0 Å². The van der Waals surface area contributed by atoms with Crippen LogP contribution in [0.25, 0.3) is 0 Å². The van der Waals surface area contributed by atoms with Crippen molar-refractivity contribution < 1.29 is 43.1 Å². The molecule has 0 aliphatic carbocycles. The summed E-state index contributed by atoms with van der Waals surface area (Å²) in [6.45, 7) is 0. The van der Waals surface area contributed by atoms with Crippen molar-refractivity contribution in [1.29, 1.82) is 0 Å². The Balaban J connectivity index is 4.72. The highest BCUT2D eigenvalue weighted by Gasteiger charge is 2.10. The van der Waals surface area contributed by atoms with E-state index in [0.717, 1.165) is 0 Å². The fourth-order valence-electron chi connectivity index (χ4n) is 0.869. The Morgan fingerprint density at radius 2 is 0.812 bits per heavy atom. The second kappa shape index (κ2) is 5.37. The van der Waals surface area contributed by atoms with Crippen molar-refractivity contribution >= 4 is 22.8 Å². The van der Waals surface area contributed by atoms with Gasteiger partial charge in [0.05, 0.1) is 0 Å². The first kappa shape index (κ1) is 16.4. The third-order valence-electron chi connectivity index (χ3n) is 1.12. The molecular weight excluding hydrogens is 287 g/mol. The molecule has 98 valence electrons. The van der Waals surface area contributed by atoms with Crippen LogP contribution < -0.4 is 29.4 Å². The fourth-order valence-corrected chi connectivity index (χ4v) is 3.41. The van der Waals surface area contributed by atoms with Gasteiger partial charge in [-0.25, -0.2) is 0 Å². The summed E-state index contributed by atoms with van der Waals surface area (Å²) in [5.74, 6) is 0. The number of rotatable bonds is 6. The lowest BCUT2D eigenvalue weighted by atomic mass is 11.0. The summed E-state index contributed by atoms with van der Waals surface area (Å²) >= 11 is 0. The predicted molar refractivity (Wildman–Crippen MR) is 39.3 cm³/mol. The molecule has 0 heterocycles. The first-order valence-corrected chi connectivity index (χ1v) is 8.72. The molecule has 0 spiro atoms. The zero-order valence-electron chi connectivity index (χ0n) is 7.58. The normalized spacial score (nSPS) is 14.4. The van der Waals surface area contributed by atoms with Gasteiger partial charge in [0.2, 0.25) is 0 Å². The predicted octanol–water partition coefficient (Wildman–Crippen LogP) is -5.10. The Labute approximate surface area is 90.4 Å². The molecule has 0 radical (unpaired) electrons. The zero-order chi connectivity index (χ0) is 13.2. The van der Waals surface area contributed by atoms with Crippen molar-refractivity contribution in [2.45, 2.75) is 0 Å². The lowest BCUT2D eigenvalue weighted by Gasteiger charge is -2.44. The topological polar surface area (TPSA) is 193 Å². The molecule has 0 amide bonds. The lowest BCUT2D eigenvalue weighted by molar-refractivity contribution is -0.320. The van der Waals surface area contributed by atoms with Gasteiger partial charge in [0.1, 0.15) is 0 Å². The van der Waals surface area contributed by atoms with Gasteiger partial charge in [0.15, 0.2) is 0 Å². The van der Waals surface area contributed by atoms with Crippen molar-refractivity contribution in [3.8, 4) is 0 Å². The van der Waals surface area contributed by atoms with E-state index >= 15 is 0 Å². The lowest BCUT2D eigenvalue weighted by Crippen LogP contribution is -2.39. The molecular formula is C3H6NO9P3-6. The first-order valence-electron chi connectivity index (χ1n) is 3.54. The Kier molecular flexibility index (Phi) is 5.51. The van der Waals surface area contributed by atoms with Crippen molar-refractivity contribution in [1.82, 2.24) is 4.90 Å². The Morgan fingerprint density at radius 3 is 0.938 bits per heavy atom. The van der Waals surface area contributed by atoms with Gasteiger partial charge in [-0.3, -0.25) is 4.90 Å². The van der Waals surface area contributed by atoms with E-state index in [1.165, 1.54) is 0 Å². The van der Waals surface area contributed by atoms with E-state index in [9.17, 15) is 43.1 Å². The van der Waals surface area contributed by atoms with E-state index in [1.807, 2.05) is 0 Å². The molecule has 0 aromatic heterocycles. The summed E-state index contributed by atoms with van der Waals surface area (Å²) in [6, 6.07) is 0. The second-order valence-electron chi connectivity index (χ2n) is 2.93. The second-order valence-corrected chi connectivity index (χ2v) is 7.44. The Morgan fingerprint density at radius 1 is 0.625 bits per heavy atom. The van der Waals surface area contributed by atoms with Crippen LogP contribution in [-0.2, 0) is 13.7 Å². The summed E-state index contributed by atoms with van der Waals surface area (Å²) in [5.41, 5.74) is 0. The average molecular weight is 293 g/mol. The zero-order valence-corrected chi connectivity index (χ0v) is 10.3. The minimum atomic E-state index is -5.27. The van der Waals surface area contributed by atoms with Crippen molar-refractivity contribution in [3.63, 3.8) is 0 Å². The molecule has 0 aliphatic rings. The number of hydrogen-bond donors (Lipinski definition) is 0. The molecule has 0 aromatic carbocycles. The fraction of sp³-hybridized carbons (Fsp3) is 1.00. The minimum absolute atomic E-state index is 0.0394. The Bertz CT molecular complexity index is 305. The van der Waals surface area contributed by atoms with Crippen LogP contribution in [0.4, 0.5) is 0 Å². The van der Waals surface area contributed by atoms with Crippen molar-refractivity contribution in [2.75, 3.05) is 18.9 Å². The van der Waals surface area contributed by atoms with E-state index in [-0.39, 0.29) is 4.90 Å². The van der Waals surface area contributed by atoms with Gasteiger partial charge >= 0.3 is 0 Å². The average Bonchev–Trinajstić information content (AvgIpc) is 1.70. The number of nitrogens with zero attached hydrogens (tertiary/aromatic N) is 1. The molecule has 13 heteroatoms. The van der Waals surface area contributed by atoms with Crippen LogP contribution in [0.2, 0.25) is 0 Å². The van der Waals surface area contributed by atoms with Crippen molar-refractivity contribution in [2.24, 2.45) is 0 Å². The molecule has 0 N–H and O–H groups in total. The summed E-state index contributed by atoms with van der Waals surface area (Å²) in [7, 11) is -15.8. The van der Waals surface area contributed by atoms with Crippen LogP contribution in [0.3, 0.4) is 0 Å². The standard InChI is InChI=1S/C3H12NO9P3/c5-14(6,7)1-4(2-15(8,9)10)3-16(11,12)13/h1-3H2,(H2,5,6,7)(H2,8,9,10)(H2,11,12,13)/p-6. The first-order chi connectivity index (χ1) is 6.79. The number of hydrogen-bond acceptors (Lipinski definition) is 10. The molecule has 0 unspecified atom stereocenters. The summed E-state index contributed by atoms with van der Waals surface area (Å²) in [5, 5.41) is 0. The van der Waals surface area contributed by atoms with Gasteiger partial charge in [-0.1, -0.05) is 22.8 Å². The maximum Gasteiger partial charge on any atom is 0.0268 e. The minimum Gasteiger partial charge on any atom is -0.810 e. The maximum atomic E-state index is 10.3. The van der Waals surface area contributed by atoms with Crippen molar-refractivity contribution in [3.05, 3.63) is 0 Å². The summed E-state index contributed by atoms with van der Waals surface area (Å²) in [4.78, 5) is 61.5. The maximum absolute atomic E-state index is 10.3. The van der Waals surface area contributed by atoms with Gasteiger partial charge in [0.25, 0.3) is 0 Å². The van der Waals surface area contributed by atoms with E-state index in [0.29, 0.717) is 0 Å². The van der Waals surface area contributed by atoms with Crippen LogP contribution in [0, 0.1) is 0 Å². The van der Waals surface area contributed by atoms with E-state index in [2.05, 4.69) is 0 Å². The van der Waals surface area contributed by atoms with Crippen LogP contribution in [0.5, 0.6) is 0 Å². The summed E-state index contributed by atoms with van der Waals surface area (Å²) < 4.78 is 30.8. The molecule has 0 bridgehead atoms. The van der Waals surface area contributed by atoms with E-state index in [4.69, 9.17) is 0 Å². The van der Waals surface area contributed by atoms with Gasteiger partial charge in [-0.15, -0.1) is 0 Å². The highest BCUT2D eigenvalue weighted by atomic mass is 31.2. The van der Waals surface area contributed by atoms with Crippen LogP contribution in [-0.4, -0.2) is 23.8 Å².